The summed E-state index contributed by atoms with van der Waals surface area (Å²) in [6.07, 6.45) is 0.611. The number of hydrogen-bond acceptors (Lipinski definition) is 6. The second-order valence-corrected chi connectivity index (χ2v) is 4.80. The minimum Gasteiger partial charge on any atom is -0.481 e. The van der Waals surface area contributed by atoms with E-state index in [4.69, 9.17) is 14.6 Å². The lowest BCUT2D eigenvalue weighted by atomic mass is 10.3. The highest BCUT2D eigenvalue weighted by molar-refractivity contribution is 7.99. The first kappa shape index (κ1) is 15.9. The van der Waals surface area contributed by atoms with Crippen LogP contribution in [-0.4, -0.2) is 58.5 Å². The highest BCUT2D eigenvalue weighted by Crippen LogP contribution is 2.18. The van der Waals surface area contributed by atoms with Crippen molar-refractivity contribution in [3.63, 3.8) is 0 Å². The number of aromatic nitrogens is 3. The quantitative estimate of drug-likeness (QED) is 0.669. The number of carboxylic acid groups (broad SMARTS) is 1. The molecule has 0 amide bonds. The van der Waals surface area contributed by atoms with Crippen LogP contribution in [0.15, 0.2) is 5.16 Å². The number of carboxylic acids is 1. The molecule has 1 atom stereocenters. The summed E-state index contributed by atoms with van der Waals surface area (Å²) in [5.41, 5.74) is 0. The lowest BCUT2D eigenvalue weighted by Crippen LogP contribution is -2.25. The average molecular weight is 289 g/mol. The summed E-state index contributed by atoms with van der Waals surface area (Å²) in [5, 5.41) is 17.4. The van der Waals surface area contributed by atoms with Crippen LogP contribution < -0.4 is 0 Å². The van der Waals surface area contributed by atoms with Crippen molar-refractivity contribution in [3.05, 3.63) is 5.82 Å². The van der Waals surface area contributed by atoms with Crippen LogP contribution in [0.4, 0.5) is 0 Å². The fourth-order valence-corrected chi connectivity index (χ4v) is 2.27. The monoisotopic (exact) mass is 289 g/mol. The highest BCUT2D eigenvalue weighted by Gasteiger charge is 2.17. The summed E-state index contributed by atoms with van der Waals surface area (Å²) in [7, 11) is 3.22. The molecule has 7 nitrogen and oxygen atoms in total. The Bertz CT molecular complexity index is 411. The van der Waals surface area contributed by atoms with Gasteiger partial charge in [0.05, 0.1) is 25.0 Å². The summed E-state index contributed by atoms with van der Waals surface area (Å²) in [4.78, 5) is 10.6. The Hall–Kier alpha value is -1.12. The van der Waals surface area contributed by atoms with Crippen molar-refractivity contribution >= 4 is 17.7 Å². The molecule has 0 aliphatic rings. The Morgan fingerprint density at radius 2 is 2.21 bits per heavy atom. The molecular formula is C11H19N3O4S. The van der Waals surface area contributed by atoms with Gasteiger partial charge in [0, 0.05) is 20.6 Å². The van der Waals surface area contributed by atoms with Gasteiger partial charge in [0.2, 0.25) is 0 Å². The number of ether oxygens (including phenoxy) is 2. The third kappa shape index (κ3) is 4.81. The Kier molecular flexibility index (Phi) is 6.82. The number of nitrogens with zero attached hydrogens (tertiary/aromatic N) is 3. The Balaban J connectivity index is 2.82. The zero-order chi connectivity index (χ0) is 14.3. The molecule has 0 fully saturated rings. The summed E-state index contributed by atoms with van der Waals surface area (Å²) in [5.74, 6) is -0.104. The third-order valence-electron chi connectivity index (χ3n) is 2.51. The van der Waals surface area contributed by atoms with Crippen LogP contribution in [0.25, 0.3) is 0 Å². The maximum Gasteiger partial charge on any atom is 0.313 e. The van der Waals surface area contributed by atoms with E-state index in [1.54, 1.807) is 14.2 Å². The molecule has 1 unspecified atom stereocenters. The second kappa shape index (κ2) is 8.13. The van der Waals surface area contributed by atoms with E-state index in [1.807, 2.05) is 11.5 Å². The number of thioether (sulfide) groups is 1. The predicted molar refractivity (Wildman–Crippen MR) is 70.4 cm³/mol. The first-order valence-electron chi connectivity index (χ1n) is 5.90. The van der Waals surface area contributed by atoms with Gasteiger partial charge >= 0.3 is 5.97 Å². The molecule has 0 radical (unpaired) electrons. The maximum absolute atomic E-state index is 10.6. The molecule has 0 saturated heterocycles. The molecule has 108 valence electrons. The number of rotatable bonds is 9. The average Bonchev–Trinajstić information content (AvgIpc) is 2.77. The Morgan fingerprint density at radius 1 is 1.47 bits per heavy atom. The molecule has 1 rings (SSSR count). The van der Waals surface area contributed by atoms with Crippen LogP contribution in [0.2, 0.25) is 0 Å². The van der Waals surface area contributed by atoms with Gasteiger partial charge in [-0.2, -0.15) is 0 Å². The fourth-order valence-electron chi connectivity index (χ4n) is 1.58. The van der Waals surface area contributed by atoms with Gasteiger partial charge in [-0.15, -0.1) is 10.2 Å². The van der Waals surface area contributed by atoms with Crippen LogP contribution in [0.1, 0.15) is 12.7 Å². The molecule has 8 heteroatoms. The van der Waals surface area contributed by atoms with Gasteiger partial charge in [-0.05, 0) is 0 Å². The van der Waals surface area contributed by atoms with Crippen molar-refractivity contribution in [2.24, 2.45) is 0 Å². The normalized spacial score (nSPS) is 12.6. The molecule has 0 aromatic carbocycles. The summed E-state index contributed by atoms with van der Waals surface area (Å²) < 4.78 is 12.3. The van der Waals surface area contributed by atoms with Crippen LogP contribution in [0.5, 0.6) is 0 Å². The lowest BCUT2D eigenvalue weighted by molar-refractivity contribution is -0.133. The fraction of sp³-hybridized carbons (Fsp3) is 0.727. The van der Waals surface area contributed by atoms with Gasteiger partial charge < -0.3 is 19.1 Å². The van der Waals surface area contributed by atoms with E-state index in [0.717, 1.165) is 24.0 Å². The molecule has 19 heavy (non-hydrogen) atoms. The molecule has 0 saturated carbocycles. The van der Waals surface area contributed by atoms with Crippen LogP contribution >= 0.6 is 11.8 Å². The van der Waals surface area contributed by atoms with Gasteiger partial charge in [-0.25, -0.2) is 0 Å². The summed E-state index contributed by atoms with van der Waals surface area (Å²) in [6, 6.07) is 0. The lowest BCUT2D eigenvalue weighted by Gasteiger charge is -2.17. The largest absolute Gasteiger partial charge is 0.481 e. The minimum absolute atomic E-state index is 0.0379. The van der Waals surface area contributed by atoms with Crippen molar-refractivity contribution in [1.29, 1.82) is 0 Å². The molecule has 0 aliphatic carbocycles. The zero-order valence-electron chi connectivity index (χ0n) is 11.3. The van der Waals surface area contributed by atoms with E-state index < -0.39 is 5.97 Å². The number of methoxy groups -OCH3 is 2. The molecule has 1 heterocycles. The van der Waals surface area contributed by atoms with E-state index in [-0.39, 0.29) is 11.9 Å². The van der Waals surface area contributed by atoms with E-state index >= 15 is 0 Å². The molecule has 0 aliphatic heterocycles. The maximum atomic E-state index is 10.6. The molecule has 0 spiro atoms. The van der Waals surface area contributed by atoms with Crippen LogP contribution in [0, 0.1) is 0 Å². The van der Waals surface area contributed by atoms with Crippen molar-refractivity contribution < 1.29 is 19.4 Å². The first-order chi connectivity index (χ1) is 9.12. The summed E-state index contributed by atoms with van der Waals surface area (Å²) >= 11 is 1.16. The van der Waals surface area contributed by atoms with Gasteiger partial charge in [0.25, 0.3) is 0 Å². The molecule has 1 N–H and O–H groups in total. The van der Waals surface area contributed by atoms with Gasteiger partial charge in [0.15, 0.2) is 5.16 Å². The van der Waals surface area contributed by atoms with Crippen molar-refractivity contribution in [1.82, 2.24) is 14.8 Å². The molecular weight excluding hydrogens is 270 g/mol. The van der Waals surface area contributed by atoms with Gasteiger partial charge in [-0.3, -0.25) is 4.79 Å². The Labute approximate surface area is 116 Å². The zero-order valence-corrected chi connectivity index (χ0v) is 12.1. The van der Waals surface area contributed by atoms with Gasteiger partial charge in [-0.1, -0.05) is 18.7 Å². The van der Waals surface area contributed by atoms with E-state index in [2.05, 4.69) is 10.2 Å². The van der Waals surface area contributed by atoms with Crippen LogP contribution in [0.3, 0.4) is 0 Å². The first-order valence-corrected chi connectivity index (χ1v) is 6.89. The number of aryl methyl sites for hydroxylation is 1. The van der Waals surface area contributed by atoms with Gasteiger partial charge in [0.1, 0.15) is 5.82 Å². The number of hydrogen-bond donors (Lipinski definition) is 1. The molecule has 0 bridgehead atoms. The SMILES string of the molecule is CCc1nnc(SCC(=O)O)n1CC(COC)OC. The second-order valence-electron chi connectivity index (χ2n) is 3.86. The van der Waals surface area contributed by atoms with Crippen molar-refractivity contribution in [3.8, 4) is 0 Å². The van der Waals surface area contributed by atoms with Crippen molar-refractivity contribution in [2.45, 2.75) is 31.1 Å². The standard InChI is InChI=1S/C11H19N3O4S/c1-4-9-12-13-11(19-7-10(15)16)14(9)5-8(18-3)6-17-2/h8H,4-7H2,1-3H3,(H,15,16). The molecule has 1 aromatic rings. The number of aliphatic carboxylic acids is 1. The topological polar surface area (TPSA) is 86.5 Å². The Morgan fingerprint density at radius 3 is 2.74 bits per heavy atom. The molecule has 1 aromatic heterocycles. The van der Waals surface area contributed by atoms with E-state index in [1.165, 1.54) is 0 Å². The number of carbonyl (C=O) groups is 1. The minimum atomic E-state index is -0.877. The van der Waals surface area contributed by atoms with Crippen LogP contribution in [-0.2, 0) is 27.2 Å². The smallest absolute Gasteiger partial charge is 0.313 e. The predicted octanol–water partition coefficient (Wildman–Crippen LogP) is 0.679. The third-order valence-corrected chi connectivity index (χ3v) is 3.46. The summed E-state index contributed by atoms with van der Waals surface area (Å²) in [6.45, 7) is 2.98. The van der Waals surface area contributed by atoms with Crippen molar-refractivity contribution in [2.75, 3.05) is 26.6 Å². The highest BCUT2D eigenvalue weighted by atomic mass is 32.2. The van der Waals surface area contributed by atoms with E-state index in [0.29, 0.717) is 18.3 Å². The van der Waals surface area contributed by atoms with E-state index in [9.17, 15) is 4.79 Å².